The monoisotopic (exact) mass is 376 g/mol. The van der Waals surface area contributed by atoms with Crippen LogP contribution in [0.25, 0.3) is 0 Å². The molecule has 0 fully saturated rings. The lowest BCUT2D eigenvalue weighted by Gasteiger charge is -2.07. The van der Waals surface area contributed by atoms with E-state index in [4.69, 9.17) is 0 Å². The first-order valence-corrected chi connectivity index (χ1v) is 8.58. The van der Waals surface area contributed by atoms with Gasteiger partial charge in [-0.15, -0.1) is 0 Å². The SMILES string of the molecule is Cc1cc(N=Cc2cccc(O)c2O)c(N=Cc2cccc(O)c2O)cc1C. The molecule has 0 unspecified atom stereocenters. The van der Waals surface area contributed by atoms with Crippen LogP contribution >= 0.6 is 0 Å². The number of benzene rings is 3. The van der Waals surface area contributed by atoms with E-state index < -0.39 is 0 Å². The Morgan fingerprint density at radius 2 is 1.04 bits per heavy atom. The van der Waals surface area contributed by atoms with E-state index in [1.165, 1.54) is 24.6 Å². The van der Waals surface area contributed by atoms with Gasteiger partial charge in [0.2, 0.25) is 0 Å². The summed E-state index contributed by atoms with van der Waals surface area (Å²) in [6.07, 6.45) is 2.90. The smallest absolute Gasteiger partial charge is 0.166 e. The molecule has 6 nitrogen and oxygen atoms in total. The normalized spacial score (nSPS) is 11.5. The number of phenols is 4. The topological polar surface area (TPSA) is 106 Å². The quantitative estimate of drug-likeness (QED) is 0.393. The van der Waals surface area contributed by atoms with Crippen molar-refractivity contribution in [2.24, 2.45) is 9.98 Å². The Morgan fingerprint density at radius 1 is 0.643 bits per heavy atom. The highest BCUT2D eigenvalue weighted by Gasteiger charge is 2.07. The zero-order chi connectivity index (χ0) is 20.3. The van der Waals surface area contributed by atoms with Crippen LogP contribution in [0, 0.1) is 13.8 Å². The van der Waals surface area contributed by atoms with E-state index in [0.717, 1.165) is 11.1 Å². The van der Waals surface area contributed by atoms with Crippen molar-refractivity contribution in [2.75, 3.05) is 0 Å². The minimum absolute atomic E-state index is 0.221. The van der Waals surface area contributed by atoms with Gasteiger partial charge in [-0.3, -0.25) is 9.98 Å². The zero-order valence-corrected chi connectivity index (χ0v) is 15.5. The van der Waals surface area contributed by atoms with Gasteiger partial charge in [0.05, 0.1) is 11.4 Å². The number of phenolic OH excluding ortho intramolecular Hbond substituents is 4. The van der Waals surface area contributed by atoms with E-state index in [2.05, 4.69) is 9.98 Å². The Bertz CT molecular complexity index is 1000. The van der Waals surface area contributed by atoms with Crippen LogP contribution in [0.3, 0.4) is 0 Å². The van der Waals surface area contributed by atoms with Gasteiger partial charge in [-0.1, -0.05) is 12.1 Å². The molecule has 0 bridgehead atoms. The lowest BCUT2D eigenvalue weighted by molar-refractivity contribution is 0.403. The molecule has 0 radical (unpaired) electrons. The van der Waals surface area contributed by atoms with Gasteiger partial charge in [0.1, 0.15) is 0 Å². The van der Waals surface area contributed by atoms with Crippen LogP contribution in [0.15, 0.2) is 58.5 Å². The first-order valence-electron chi connectivity index (χ1n) is 8.58. The van der Waals surface area contributed by atoms with E-state index in [1.54, 1.807) is 24.3 Å². The Hall–Kier alpha value is -3.80. The summed E-state index contributed by atoms with van der Waals surface area (Å²) in [5.41, 5.74) is 3.90. The van der Waals surface area contributed by atoms with Crippen molar-refractivity contribution in [3.63, 3.8) is 0 Å². The number of aliphatic imine (C=N–C) groups is 2. The molecule has 0 spiro atoms. The lowest BCUT2D eigenvalue weighted by atomic mass is 10.1. The molecule has 4 N–H and O–H groups in total. The molecule has 0 aliphatic rings. The van der Waals surface area contributed by atoms with Crippen LogP contribution in [0.2, 0.25) is 0 Å². The third kappa shape index (κ3) is 3.96. The average molecular weight is 376 g/mol. The molecule has 3 aromatic rings. The fourth-order valence-corrected chi connectivity index (χ4v) is 2.58. The second-order valence-electron chi connectivity index (χ2n) is 6.37. The Kier molecular flexibility index (Phi) is 5.31. The third-order valence-electron chi connectivity index (χ3n) is 4.37. The first kappa shape index (κ1) is 19.0. The van der Waals surface area contributed by atoms with Crippen LogP contribution in [0.4, 0.5) is 11.4 Å². The standard InChI is InChI=1S/C22H20N2O4/c1-13-9-17(23-11-15-5-3-7-19(25)21(15)27)18(10-14(13)2)24-12-16-6-4-8-20(26)22(16)28/h3-12,25-28H,1-2H3. The van der Waals surface area contributed by atoms with Gasteiger partial charge in [-0.25, -0.2) is 0 Å². The number of para-hydroxylation sites is 2. The van der Waals surface area contributed by atoms with E-state index in [-0.39, 0.29) is 23.0 Å². The number of aromatic hydroxyl groups is 4. The van der Waals surface area contributed by atoms with E-state index in [1.807, 2.05) is 26.0 Å². The fourth-order valence-electron chi connectivity index (χ4n) is 2.58. The largest absolute Gasteiger partial charge is 0.504 e. The van der Waals surface area contributed by atoms with Gasteiger partial charge in [0.15, 0.2) is 23.0 Å². The minimum atomic E-state index is -0.246. The van der Waals surface area contributed by atoms with Gasteiger partial charge in [0.25, 0.3) is 0 Å². The molecule has 0 aliphatic heterocycles. The highest BCUT2D eigenvalue weighted by molar-refractivity contribution is 5.90. The highest BCUT2D eigenvalue weighted by Crippen LogP contribution is 2.33. The van der Waals surface area contributed by atoms with Gasteiger partial charge in [-0.05, 0) is 61.4 Å². The van der Waals surface area contributed by atoms with E-state index in [0.29, 0.717) is 22.5 Å². The van der Waals surface area contributed by atoms with E-state index >= 15 is 0 Å². The van der Waals surface area contributed by atoms with Gasteiger partial charge in [0, 0.05) is 23.6 Å². The molecule has 0 aromatic heterocycles. The number of rotatable bonds is 4. The summed E-state index contributed by atoms with van der Waals surface area (Å²) in [6.45, 7) is 3.91. The second-order valence-corrected chi connectivity index (χ2v) is 6.37. The van der Waals surface area contributed by atoms with E-state index in [9.17, 15) is 20.4 Å². The molecule has 6 heteroatoms. The molecule has 0 aliphatic carbocycles. The molecule has 3 aromatic carbocycles. The maximum Gasteiger partial charge on any atom is 0.166 e. The van der Waals surface area contributed by atoms with Crippen LogP contribution < -0.4 is 0 Å². The predicted molar refractivity (Wildman–Crippen MR) is 110 cm³/mol. The van der Waals surface area contributed by atoms with Gasteiger partial charge in [-0.2, -0.15) is 0 Å². The maximum absolute atomic E-state index is 9.93. The summed E-state index contributed by atoms with van der Waals surface area (Å²) in [5, 5.41) is 39.1. The fraction of sp³-hybridized carbons (Fsp3) is 0.0909. The summed E-state index contributed by atoms with van der Waals surface area (Å²) in [4.78, 5) is 8.82. The third-order valence-corrected chi connectivity index (χ3v) is 4.37. The zero-order valence-electron chi connectivity index (χ0n) is 15.5. The van der Waals surface area contributed by atoms with Crippen molar-refractivity contribution in [2.45, 2.75) is 13.8 Å². The maximum atomic E-state index is 9.93. The molecule has 0 amide bonds. The highest BCUT2D eigenvalue weighted by atomic mass is 16.3. The van der Waals surface area contributed by atoms with Crippen LogP contribution in [-0.2, 0) is 0 Å². The summed E-state index contributed by atoms with van der Waals surface area (Å²) in [7, 11) is 0. The molecular formula is C22H20N2O4. The summed E-state index contributed by atoms with van der Waals surface area (Å²) in [5.74, 6) is -0.932. The molecule has 0 atom stereocenters. The molecule has 0 saturated heterocycles. The van der Waals surface area contributed by atoms with Crippen molar-refractivity contribution in [3.05, 3.63) is 70.8 Å². The van der Waals surface area contributed by atoms with Gasteiger partial charge < -0.3 is 20.4 Å². The van der Waals surface area contributed by atoms with Gasteiger partial charge >= 0.3 is 0 Å². The molecule has 0 heterocycles. The Labute approximate surface area is 162 Å². The van der Waals surface area contributed by atoms with Crippen molar-refractivity contribution >= 4 is 23.8 Å². The second kappa shape index (κ2) is 7.84. The van der Waals surface area contributed by atoms with Crippen molar-refractivity contribution in [3.8, 4) is 23.0 Å². The minimum Gasteiger partial charge on any atom is -0.504 e. The number of nitrogens with zero attached hydrogens (tertiary/aromatic N) is 2. The van der Waals surface area contributed by atoms with Crippen molar-refractivity contribution in [1.82, 2.24) is 0 Å². The molecular weight excluding hydrogens is 356 g/mol. The summed E-state index contributed by atoms with van der Waals surface area (Å²) < 4.78 is 0. The summed E-state index contributed by atoms with van der Waals surface area (Å²) >= 11 is 0. The van der Waals surface area contributed by atoms with Crippen molar-refractivity contribution in [1.29, 1.82) is 0 Å². The molecule has 142 valence electrons. The number of hydrogen-bond donors (Lipinski definition) is 4. The number of aryl methyl sites for hydroxylation is 2. The van der Waals surface area contributed by atoms with Crippen LogP contribution in [-0.4, -0.2) is 32.9 Å². The Balaban J connectivity index is 2.01. The summed E-state index contributed by atoms with van der Waals surface area (Å²) in [6, 6.07) is 13.0. The van der Waals surface area contributed by atoms with Crippen LogP contribution in [0.1, 0.15) is 22.3 Å². The molecule has 28 heavy (non-hydrogen) atoms. The average Bonchev–Trinajstić information content (AvgIpc) is 2.67. The van der Waals surface area contributed by atoms with Crippen LogP contribution in [0.5, 0.6) is 23.0 Å². The lowest BCUT2D eigenvalue weighted by Crippen LogP contribution is -1.86. The Morgan fingerprint density at radius 3 is 1.43 bits per heavy atom. The first-order chi connectivity index (χ1) is 13.4. The van der Waals surface area contributed by atoms with Crippen molar-refractivity contribution < 1.29 is 20.4 Å². The molecule has 3 rings (SSSR count). The molecule has 0 saturated carbocycles. The predicted octanol–water partition coefficient (Wildman–Crippen LogP) is 4.63. The number of hydrogen-bond acceptors (Lipinski definition) is 6.